The lowest BCUT2D eigenvalue weighted by atomic mass is 10.0. The van der Waals surface area contributed by atoms with Gasteiger partial charge in [0.1, 0.15) is 6.04 Å². The fraction of sp³-hybridized carbons (Fsp3) is 0.333. The van der Waals surface area contributed by atoms with E-state index in [4.69, 9.17) is 16.6 Å². The quantitative estimate of drug-likeness (QED) is 0.579. The predicted molar refractivity (Wildman–Crippen MR) is 69.3 cm³/mol. The van der Waals surface area contributed by atoms with Crippen molar-refractivity contribution >= 4 is 23.3 Å². The number of nitrogens with two attached hydrogens (primary N) is 2. The van der Waals surface area contributed by atoms with E-state index in [-0.39, 0.29) is 17.2 Å². The summed E-state index contributed by atoms with van der Waals surface area (Å²) in [6.45, 7) is 3.72. The van der Waals surface area contributed by atoms with Gasteiger partial charge in [0.15, 0.2) is 0 Å². The number of primary amides is 1. The minimum atomic E-state index is -1.09. The highest BCUT2D eigenvalue weighted by molar-refractivity contribution is 5.94. The molecule has 0 fully saturated rings. The largest absolute Gasteiger partial charge is 0.478 e. The third-order valence-corrected chi connectivity index (χ3v) is 2.58. The number of benzene rings is 1. The van der Waals surface area contributed by atoms with Gasteiger partial charge in [0.2, 0.25) is 5.91 Å². The van der Waals surface area contributed by atoms with Gasteiger partial charge in [-0.05, 0) is 24.1 Å². The molecule has 1 unspecified atom stereocenters. The van der Waals surface area contributed by atoms with Crippen LogP contribution in [0.3, 0.4) is 0 Å². The molecule has 0 aliphatic carbocycles. The Bertz CT molecular complexity index is 472. The summed E-state index contributed by atoms with van der Waals surface area (Å²) in [5, 5.41) is 11.8. The third-order valence-electron chi connectivity index (χ3n) is 2.58. The van der Waals surface area contributed by atoms with Crippen molar-refractivity contribution in [2.75, 3.05) is 11.1 Å². The molecule has 0 saturated carbocycles. The molecule has 1 aromatic rings. The second-order valence-electron chi connectivity index (χ2n) is 4.38. The van der Waals surface area contributed by atoms with E-state index in [0.717, 1.165) is 0 Å². The van der Waals surface area contributed by atoms with Crippen molar-refractivity contribution in [1.82, 2.24) is 0 Å². The Morgan fingerprint density at radius 1 is 1.33 bits per heavy atom. The number of carbonyl (C=O) groups is 2. The van der Waals surface area contributed by atoms with Crippen LogP contribution in [0, 0.1) is 5.92 Å². The first kappa shape index (κ1) is 13.8. The number of carbonyl (C=O) groups excluding carboxylic acids is 1. The van der Waals surface area contributed by atoms with E-state index in [1.165, 1.54) is 12.1 Å². The molecular weight excluding hydrogens is 234 g/mol. The van der Waals surface area contributed by atoms with Gasteiger partial charge < -0.3 is 21.9 Å². The van der Waals surface area contributed by atoms with Crippen molar-refractivity contribution in [2.24, 2.45) is 11.7 Å². The molecule has 0 aliphatic heterocycles. The number of aromatic carboxylic acids is 1. The molecule has 0 saturated heterocycles. The average Bonchev–Trinajstić information content (AvgIpc) is 2.24. The van der Waals surface area contributed by atoms with Gasteiger partial charge in [-0.3, -0.25) is 4.79 Å². The Kier molecular flexibility index (Phi) is 4.14. The van der Waals surface area contributed by atoms with Crippen molar-refractivity contribution in [3.8, 4) is 0 Å². The zero-order valence-electron chi connectivity index (χ0n) is 10.3. The minimum Gasteiger partial charge on any atom is -0.478 e. The van der Waals surface area contributed by atoms with Crippen LogP contribution >= 0.6 is 0 Å². The summed E-state index contributed by atoms with van der Waals surface area (Å²) in [6, 6.07) is 3.89. The standard InChI is InChI=1S/C12H17N3O3/c1-6(2)10(11(14)16)15-7-3-4-8(12(17)18)9(13)5-7/h3-6,10,15H,13H2,1-2H3,(H2,14,16)(H,17,18). The summed E-state index contributed by atoms with van der Waals surface area (Å²) < 4.78 is 0. The summed E-state index contributed by atoms with van der Waals surface area (Å²) in [7, 11) is 0. The van der Waals surface area contributed by atoms with Gasteiger partial charge in [0.05, 0.1) is 5.56 Å². The second-order valence-corrected chi connectivity index (χ2v) is 4.38. The molecule has 1 amide bonds. The molecule has 6 nitrogen and oxygen atoms in total. The van der Waals surface area contributed by atoms with Gasteiger partial charge in [-0.1, -0.05) is 13.8 Å². The number of amides is 1. The van der Waals surface area contributed by atoms with Crippen LogP contribution < -0.4 is 16.8 Å². The first-order valence-electron chi connectivity index (χ1n) is 5.51. The normalized spacial score (nSPS) is 12.2. The Hall–Kier alpha value is -2.24. The van der Waals surface area contributed by atoms with Gasteiger partial charge in [-0.2, -0.15) is 0 Å². The fourth-order valence-electron chi connectivity index (χ4n) is 1.59. The third kappa shape index (κ3) is 3.13. The molecule has 1 rings (SSSR count). The van der Waals surface area contributed by atoms with Crippen LogP contribution in [0.2, 0.25) is 0 Å². The first-order chi connectivity index (χ1) is 8.32. The Balaban J connectivity index is 2.95. The molecule has 6 heteroatoms. The molecule has 0 aliphatic rings. The van der Waals surface area contributed by atoms with E-state index < -0.39 is 17.9 Å². The van der Waals surface area contributed by atoms with Crippen molar-refractivity contribution in [1.29, 1.82) is 0 Å². The van der Waals surface area contributed by atoms with E-state index in [0.29, 0.717) is 5.69 Å². The Morgan fingerprint density at radius 2 is 1.94 bits per heavy atom. The molecule has 0 spiro atoms. The van der Waals surface area contributed by atoms with E-state index in [1.54, 1.807) is 6.07 Å². The number of hydrogen-bond donors (Lipinski definition) is 4. The molecule has 6 N–H and O–H groups in total. The average molecular weight is 251 g/mol. The summed E-state index contributed by atoms with van der Waals surface area (Å²) in [4.78, 5) is 22.0. The molecule has 18 heavy (non-hydrogen) atoms. The minimum absolute atomic E-state index is 0.0166. The molecule has 1 aromatic carbocycles. The Morgan fingerprint density at radius 3 is 2.33 bits per heavy atom. The molecular formula is C12H17N3O3. The number of carboxylic acid groups (broad SMARTS) is 1. The van der Waals surface area contributed by atoms with Gasteiger partial charge in [0.25, 0.3) is 0 Å². The van der Waals surface area contributed by atoms with Crippen molar-refractivity contribution < 1.29 is 14.7 Å². The topological polar surface area (TPSA) is 118 Å². The highest BCUT2D eigenvalue weighted by Gasteiger charge is 2.19. The maximum atomic E-state index is 11.2. The van der Waals surface area contributed by atoms with Gasteiger partial charge >= 0.3 is 5.97 Å². The maximum absolute atomic E-state index is 11.2. The van der Waals surface area contributed by atoms with Crippen LogP contribution in [0.1, 0.15) is 24.2 Å². The van der Waals surface area contributed by atoms with Crippen LogP contribution in [0.4, 0.5) is 11.4 Å². The lowest BCUT2D eigenvalue weighted by Crippen LogP contribution is -2.39. The lowest BCUT2D eigenvalue weighted by Gasteiger charge is -2.20. The van der Waals surface area contributed by atoms with Gasteiger partial charge in [-0.25, -0.2) is 4.79 Å². The number of hydrogen-bond acceptors (Lipinski definition) is 4. The summed E-state index contributed by atoms with van der Waals surface area (Å²) in [5.74, 6) is -1.54. The molecule has 0 aromatic heterocycles. The van der Waals surface area contributed by atoms with Crippen LogP contribution in [-0.2, 0) is 4.79 Å². The van der Waals surface area contributed by atoms with Crippen molar-refractivity contribution in [3.63, 3.8) is 0 Å². The highest BCUT2D eigenvalue weighted by Crippen LogP contribution is 2.20. The number of carboxylic acids is 1. The second kappa shape index (κ2) is 5.39. The van der Waals surface area contributed by atoms with Crippen LogP contribution in [0.25, 0.3) is 0 Å². The van der Waals surface area contributed by atoms with Crippen LogP contribution in [0.15, 0.2) is 18.2 Å². The molecule has 0 bridgehead atoms. The summed E-state index contributed by atoms with van der Waals surface area (Å²) in [5.41, 5.74) is 11.6. The molecule has 0 heterocycles. The zero-order chi connectivity index (χ0) is 13.9. The maximum Gasteiger partial charge on any atom is 0.337 e. The summed E-state index contributed by atoms with van der Waals surface area (Å²) in [6.07, 6.45) is 0. The summed E-state index contributed by atoms with van der Waals surface area (Å²) >= 11 is 0. The van der Waals surface area contributed by atoms with E-state index in [9.17, 15) is 9.59 Å². The molecule has 1 atom stereocenters. The SMILES string of the molecule is CC(C)C(Nc1ccc(C(=O)O)c(N)c1)C(N)=O. The number of anilines is 2. The van der Waals surface area contributed by atoms with E-state index >= 15 is 0 Å². The van der Waals surface area contributed by atoms with E-state index in [2.05, 4.69) is 5.32 Å². The zero-order valence-corrected chi connectivity index (χ0v) is 10.3. The van der Waals surface area contributed by atoms with Crippen molar-refractivity contribution in [3.05, 3.63) is 23.8 Å². The van der Waals surface area contributed by atoms with Gasteiger partial charge in [0, 0.05) is 11.4 Å². The lowest BCUT2D eigenvalue weighted by molar-refractivity contribution is -0.119. The smallest absolute Gasteiger partial charge is 0.337 e. The first-order valence-corrected chi connectivity index (χ1v) is 5.51. The van der Waals surface area contributed by atoms with Gasteiger partial charge in [-0.15, -0.1) is 0 Å². The molecule has 0 radical (unpaired) electrons. The number of nitrogen functional groups attached to an aromatic ring is 1. The number of nitrogens with one attached hydrogen (secondary N) is 1. The monoisotopic (exact) mass is 251 g/mol. The highest BCUT2D eigenvalue weighted by atomic mass is 16.4. The number of rotatable bonds is 5. The molecule has 98 valence electrons. The van der Waals surface area contributed by atoms with Crippen LogP contribution in [-0.4, -0.2) is 23.0 Å². The van der Waals surface area contributed by atoms with E-state index in [1.807, 2.05) is 13.8 Å². The Labute approximate surface area is 105 Å². The van der Waals surface area contributed by atoms with Crippen LogP contribution in [0.5, 0.6) is 0 Å². The van der Waals surface area contributed by atoms with Crippen molar-refractivity contribution in [2.45, 2.75) is 19.9 Å². The predicted octanol–water partition coefficient (Wildman–Crippen LogP) is 0.889. The fourth-order valence-corrected chi connectivity index (χ4v) is 1.59.